The van der Waals surface area contributed by atoms with Crippen LogP contribution in [0.2, 0.25) is 0 Å². The molecule has 0 amide bonds. The number of hydrogen-bond donors (Lipinski definition) is 2. The van der Waals surface area contributed by atoms with Crippen LogP contribution in [-0.2, 0) is 0 Å². The lowest BCUT2D eigenvalue weighted by Crippen LogP contribution is -2.13. The number of rotatable bonds is 6. The lowest BCUT2D eigenvalue weighted by Gasteiger charge is -2.17. The van der Waals surface area contributed by atoms with Gasteiger partial charge in [0.05, 0.1) is 7.11 Å². The summed E-state index contributed by atoms with van der Waals surface area (Å²) in [6.07, 6.45) is 2.15. The highest BCUT2D eigenvalue weighted by atomic mass is 16.5. The molecule has 0 bridgehead atoms. The summed E-state index contributed by atoms with van der Waals surface area (Å²) < 4.78 is 5.28. The number of methoxy groups -OCH3 is 1. The van der Waals surface area contributed by atoms with Crippen LogP contribution in [0, 0.1) is 0 Å². The number of aromatic nitrogens is 1. The lowest BCUT2D eigenvalue weighted by atomic mass is 9.94. The van der Waals surface area contributed by atoms with Gasteiger partial charge in [-0.15, -0.1) is 0 Å². The summed E-state index contributed by atoms with van der Waals surface area (Å²) in [6, 6.07) is 3.85. The third kappa shape index (κ3) is 3.10. The number of nitrogens with one attached hydrogen (secondary N) is 1. The summed E-state index contributed by atoms with van der Waals surface area (Å²) in [6.45, 7) is 3.17. The molecule has 0 fully saturated rings. The third-order valence-electron chi connectivity index (χ3n) is 2.78. The van der Waals surface area contributed by atoms with Gasteiger partial charge in [-0.1, -0.05) is 6.92 Å². The van der Waals surface area contributed by atoms with Crippen molar-refractivity contribution >= 4 is 5.82 Å². The van der Waals surface area contributed by atoms with Gasteiger partial charge in [-0.2, -0.15) is 4.98 Å². The Labute approximate surface area is 97.2 Å². The smallest absolute Gasteiger partial charge is 0.218 e. The first-order chi connectivity index (χ1) is 7.72. The van der Waals surface area contributed by atoms with Crippen LogP contribution >= 0.6 is 0 Å². The largest absolute Gasteiger partial charge is 0.481 e. The number of nitrogens with two attached hydrogens (primary N) is 1. The van der Waals surface area contributed by atoms with Gasteiger partial charge in [0, 0.05) is 5.56 Å². The predicted molar refractivity (Wildman–Crippen MR) is 66.8 cm³/mol. The number of nitrogens with zero attached hydrogens (tertiary/aromatic N) is 1. The number of pyridine rings is 1. The molecule has 1 aromatic heterocycles. The number of nitrogen functional groups attached to an aromatic ring is 1. The molecule has 4 heteroatoms. The predicted octanol–water partition coefficient (Wildman–Crippen LogP) is 1.78. The van der Waals surface area contributed by atoms with Crippen molar-refractivity contribution in [1.29, 1.82) is 0 Å². The first-order valence-corrected chi connectivity index (χ1v) is 5.67. The Hall–Kier alpha value is -1.29. The number of ether oxygens (including phenoxy) is 1. The average Bonchev–Trinajstić information content (AvgIpc) is 2.31. The van der Waals surface area contributed by atoms with E-state index < -0.39 is 0 Å². The Morgan fingerprint density at radius 1 is 1.50 bits per heavy atom. The van der Waals surface area contributed by atoms with Crippen LogP contribution in [-0.4, -0.2) is 25.7 Å². The molecule has 0 spiro atoms. The molecule has 1 aromatic rings. The molecule has 0 saturated carbocycles. The lowest BCUT2D eigenvalue weighted by molar-refractivity contribution is 0.386. The van der Waals surface area contributed by atoms with Crippen LogP contribution < -0.4 is 15.8 Å². The zero-order valence-electron chi connectivity index (χ0n) is 10.3. The minimum Gasteiger partial charge on any atom is -0.481 e. The first kappa shape index (κ1) is 12.8. The van der Waals surface area contributed by atoms with E-state index in [-0.39, 0.29) is 0 Å². The second-order valence-corrected chi connectivity index (χ2v) is 3.83. The Balaban J connectivity index is 2.90. The van der Waals surface area contributed by atoms with Crippen LogP contribution in [0.15, 0.2) is 12.1 Å². The van der Waals surface area contributed by atoms with E-state index >= 15 is 0 Å². The molecule has 1 atom stereocenters. The van der Waals surface area contributed by atoms with E-state index in [0.717, 1.165) is 24.9 Å². The average molecular weight is 223 g/mol. The van der Waals surface area contributed by atoms with Crippen molar-refractivity contribution in [2.24, 2.45) is 0 Å². The van der Waals surface area contributed by atoms with Crippen LogP contribution in [0.1, 0.15) is 31.2 Å². The molecule has 1 heterocycles. The summed E-state index contributed by atoms with van der Waals surface area (Å²) in [5.74, 6) is 1.63. The molecule has 0 aliphatic carbocycles. The molecule has 16 heavy (non-hydrogen) atoms. The van der Waals surface area contributed by atoms with Gasteiger partial charge < -0.3 is 15.8 Å². The van der Waals surface area contributed by atoms with E-state index in [4.69, 9.17) is 10.5 Å². The van der Waals surface area contributed by atoms with E-state index in [1.54, 1.807) is 7.11 Å². The number of anilines is 1. The van der Waals surface area contributed by atoms with Gasteiger partial charge in [-0.25, -0.2) is 0 Å². The molecular weight excluding hydrogens is 202 g/mol. The second-order valence-electron chi connectivity index (χ2n) is 3.83. The van der Waals surface area contributed by atoms with Crippen molar-refractivity contribution in [2.75, 3.05) is 26.4 Å². The van der Waals surface area contributed by atoms with Gasteiger partial charge in [-0.3, -0.25) is 0 Å². The quantitative estimate of drug-likeness (QED) is 0.771. The van der Waals surface area contributed by atoms with Crippen molar-refractivity contribution in [2.45, 2.75) is 25.7 Å². The molecule has 0 aromatic carbocycles. The Kier molecular flexibility index (Phi) is 5.05. The first-order valence-electron chi connectivity index (χ1n) is 5.67. The molecule has 0 aliphatic rings. The summed E-state index contributed by atoms with van der Waals surface area (Å²) in [5, 5.41) is 3.17. The van der Waals surface area contributed by atoms with Crippen LogP contribution in [0.25, 0.3) is 0 Å². The molecule has 4 nitrogen and oxygen atoms in total. The molecule has 3 N–H and O–H groups in total. The fraction of sp³-hybridized carbons (Fsp3) is 0.583. The van der Waals surface area contributed by atoms with E-state index in [1.165, 1.54) is 0 Å². The highest BCUT2D eigenvalue weighted by Gasteiger charge is 2.15. The maximum atomic E-state index is 5.64. The maximum absolute atomic E-state index is 5.64. The van der Waals surface area contributed by atoms with E-state index in [2.05, 4.69) is 17.2 Å². The summed E-state index contributed by atoms with van der Waals surface area (Å²) in [5.41, 5.74) is 6.79. The Morgan fingerprint density at radius 3 is 2.81 bits per heavy atom. The number of hydrogen-bond acceptors (Lipinski definition) is 4. The molecule has 0 aliphatic heterocycles. The molecule has 1 unspecified atom stereocenters. The topological polar surface area (TPSA) is 60.2 Å². The van der Waals surface area contributed by atoms with Gasteiger partial charge in [0.15, 0.2) is 0 Å². The standard InChI is InChI=1S/C12H21N3O/c1-4-9(7-8-14-2)10-5-6-11(13)15-12(10)16-3/h5-6,9,14H,4,7-8H2,1-3H3,(H2,13,15). The van der Waals surface area contributed by atoms with Gasteiger partial charge in [-0.05, 0) is 44.5 Å². The summed E-state index contributed by atoms with van der Waals surface area (Å²) in [7, 11) is 3.60. The molecular formula is C12H21N3O. The van der Waals surface area contributed by atoms with Crippen molar-refractivity contribution < 1.29 is 4.74 Å². The zero-order valence-corrected chi connectivity index (χ0v) is 10.3. The molecule has 0 radical (unpaired) electrons. The van der Waals surface area contributed by atoms with E-state index in [0.29, 0.717) is 17.6 Å². The highest BCUT2D eigenvalue weighted by Crippen LogP contribution is 2.30. The van der Waals surface area contributed by atoms with Crippen LogP contribution in [0.3, 0.4) is 0 Å². The van der Waals surface area contributed by atoms with Gasteiger partial charge in [0.25, 0.3) is 0 Å². The monoisotopic (exact) mass is 223 g/mol. The fourth-order valence-corrected chi connectivity index (χ4v) is 1.84. The molecule has 0 saturated heterocycles. The minimum absolute atomic E-state index is 0.468. The summed E-state index contributed by atoms with van der Waals surface area (Å²) in [4.78, 5) is 4.20. The zero-order chi connectivity index (χ0) is 12.0. The third-order valence-corrected chi connectivity index (χ3v) is 2.78. The van der Waals surface area contributed by atoms with E-state index in [1.807, 2.05) is 19.2 Å². The van der Waals surface area contributed by atoms with Gasteiger partial charge in [0.1, 0.15) is 5.82 Å². The fourth-order valence-electron chi connectivity index (χ4n) is 1.84. The van der Waals surface area contributed by atoms with Gasteiger partial charge >= 0.3 is 0 Å². The molecule has 90 valence electrons. The van der Waals surface area contributed by atoms with Crippen molar-refractivity contribution in [3.63, 3.8) is 0 Å². The summed E-state index contributed by atoms with van der Waals surface area (Å²) >= 11 is 0. The van der Waals surface area contributed by atoms with Gasteiger partial charge in [0.2, 0.25) is 5.88 Å². The van der Waals surface area contributed by atoms with Crippen molar-refractivity contribution in [3.8, 4) is 5.88 Å². The maximum Gasteiger partial charge on any atom is 0.218 e. The van der Waals surface area contributed by atoms with Crippen molar-refractivity contribution in [1.82, 2.24) is 10.3 Å². The molecule has 1 rings (SSSR count). The van der Waals surface area contributed by atoms with Crippen LogP contribution in [0.4, 0.5) is 5.82 Å². The minimum atomic E-state index is 0.468. The normalized spacial score (nSPS) is 12.4. The second kappa shape index (κ2) is 6.33. The SMILES string of the molecule is CCC(CCNC)c1ccc(N)nc1OC. The van der Waals surface area contributed by atoms with E-state index in [9.17, 15) is 0 Å². The Morgan fingerprint density at radius 2 is 2.25 bits per heavy atom. The highest BCUT2D eigenvalue weighted by molar-refractivity contribution is 5.39. The Bertz CT molecular complexity index is 328. The van der Waals surface area contributed by atoms with Crippen LogP contribution in [0.5, 0.6) is 5.88 Å². The van der Waals surface area contributed by atoms with Crippen molar-refractivity contribution in [3.05, 3.63) is 17.7 Å².